The number of nitrogens with zero attached hydrogens (tertiary/aromatic N) is 3. The van der Waals surface area contributed by atoms with Crippen molar-refractivity contribution in [2.45, 2.75) is 44.8 Å². The number of hydrogen-bond acceptors (Lipinski definition) is 7. The SMILES string of the molecule is COc1cc(CN2CC(=O)N(CCCN3CCCC3=O)CC(OCC3CC3)C2)cc2c1OCO2. The van der Waals surface area contributed by atoms with Crippen LogP contribution in [-0.4, -0.2) is 92.4 Å². The lowest BCUT2D eigenvalue weighted by molar-refractivity contribution is -0.132. The largest absolute Gasteiger partial charge is 0.493 e. The minimum atomic E-state index is -0.0311. The van der Waals surface area contributed by atoms with Crippen molar-refractivity contribution >= 4 is 11.8 Å². The van der Waals surface area contributed by atoms with Gasteiger partial charge in [0.2, 0.25) is 24.4 Å². The van der Waals surface area contributed by atoms with Gasteiger partial charge < -0.3 is 28.7 Å². The van der Waals surface area contributed by atoms with E-state index in [0.29, 0.717) is 62.3 Å². The third-order valence-corrected chi connectivity index (χ3v) is 7.01. The maximum Gasteiger partial charge on any atom is 0.236 e. The average Bonchev–Trinajstić information content (AvgIpc) is 3.42. The second-order valence-electron chi connectivity index (χ2n) is 9.78. The Morgan fingerprint density at radius 3 is 2.68 bits per heavy atom. The molecule has 0 N–H and O–H groups in total. The molecule has 34 heavy (non-hydrogen) atoms. The highest BCUT2D eigenvalue weighted by molar-refractivity contribution is 5.79. The number of carbonyl (C=O) groups is 2. The van der Waals surface area contributed by atoms with Gasteiger partial charge in [-0.25, -0.2) is 0 Å². The zero-order chi connectivity index (χ0) is 23.5. The topological polar surface area (TPSA) is 80.8 Å². The molecule has 3 heterocycles. The number of methoxy groups -OCH3 is 1. The summed E-state index contributed by atoms with van der Waals surface area (Å²) in [6, 6.07) is 3.92. The molecule has 0 radical (unpaired) electrons. The van der Waals surface area contributed by atoms with Gasteiger partial charge in [0, 0.05) is 52.3 Å². The van der Waals surface area contributed by atoms with E-state index < -0.39 is 0 Å². The fraction of sp³-hybridized carbons (Fsp3) is 0.680. The molecule has 4 aliphatic rings. The summed E-state index contributed by atoms with van der Waals surface area (Å²) in [6.07, 6.45) is 4.83. The second-order valence-corrected chi connectivity index (χ2v) is 9.78. The molecule has 9 nitrogen and oxygen atoms in total. The zero-order valence-corrected chi connectivity index (χ0v) is 20.0. The second kappa shape index (κ2) is 10.4. The lowest BCUT2D eigenvalue weighted by atomic mass is 10.1. The molecule has 3 fully saturated rings. The van der Waals surface area contributed by atoms with Gasteiger partial charge in [-0.1, -0.05) is 0 Å². The van der Waals surface area contributed by atoms with E-state index in [1.807, 2.05) is 21.9 Å². The van der Waals surface area contributed by atoms with E-state index in [0.717, 1.165) is 38.1 Å². The quantitative estimate of drug-likeness (QED) is 0.513. The van der Waals surface area contributed by atoms with Gasteiger partial charge in [-0.2, -0.15) is 0 Å². The lowest BCUT2D eigenvalue weighted by Gasteiger charge is -2.26. The molecule has 0 bridgehead atoms. The maximum absolute atomic E-state index is 13.2. The van der Waals surface area contributed by atoms with Crippen LogP contribution in [0.25, 0.3) is 0 Å². The Labute approximate surface area is 200 Å². The molecule has 186 valence electrons. The fourth-order valence-corrected chi connectivity index (χ4v) is 4.97. The minimum Gasteiger partial charge on any atom is -0.493 e. The molecule has 1 aromatic rings. The van der Waals surface area contributed by atoms with Crippen LogP contribution in [0.4, 0.5) is 0 Å². The van der Waals surface area contributed by atoms with Crippen molar-refractivity contribution in [2.24, 2.45) is 5.92 Å². The third-order valence-electron chi connectivity index (χ3n) is 7.01. The molecule has 0 aromatic heterocycles. The molecule has 1 atom stereocenters. The van der Waals surface area contributed by atoms with Crippen LogP contribution in [0.5, 0.6) is 17.2 Å². The maximum atomic E-state index is 13.2. The Morgan fingerprint density at radius 2 is 1.91 bits per heavy atom. The summed E-state index contributed by atoms with van der Waals surface area (Å²) >= 11 is 0. The summed E-state index contributed by atoms with van der Waals surface area (Å²) in [4.78, 5) is 31.1. The molecule has 1 aromatic carbocycles. The van der Waals surface area contributed by atoms with E-state index in [4.69, 9.17) is 18.9 Å². The van der Waals surface area contributed by atoms with E-state index in [9.17, 15) is 9.59 Å². The van der Waals surface area contributed by atoms with Gasteiger partial charge >= 0.3 is 0 Å². The standard InChI is InChI=1S/C25H35N3O6/c1-31-21-10-19(11-22-25(21)34-17-33-22)12-26-13-20(32-16-18-5-6-18)14-28(24(30)15-26)9-3-8-27-7-2-4-23(27)29/h10-11,18,20H,2-9,12-17H2,1H3. The number of benzene rings is 1. The molecule has 5 rings (SSSR count). The number of rotatable bonds is 10. The third kappa shape index (κ3) is 5.58. The van der Waals surface area contributed by atoms with Gasteiger partial charge in [-0.05, 0) is 49.3 Å². The van der Waals surface area contributed by atoms with Gasteiger partial charge in [0.15, 0.2) is 11.5 Å². The number of amides is 2. The highest BCUT2D eigenvalue weighted by atomic mass is 16.7. The van der Waals surface area contributed by atoms with Crippen LogP contribution in [0.2, 0.25) is 0 Å². The van der Waals surface area contributed by atoms with Crippen LogP contribution >= 0.6 is 0 Å². The van der Waals surface area contributed by atoms with Crippen molar-refractivity contribution in [2.75, 3.05) is 59.8 Å². The summed E-state index contributed by atoms with van der Waals surface area (Å²) in [5, 5.41) is 0. The predicted octanol–water partition coefficient (Wildman–Crippen LogP) is 1.88. The van der Waals surface area contributed by atoms with Crippen molar-refractivity contribution in [1.29, 1.82) is 0 Å². The van der Waals surface area contributed by atoms with Crippen molar-refractivity contribution in [3.63, 3.8) is 0 Å². The number of ether oxygens (including phenoxy) is 4. The Balaban J connectivity index is 1.24. The number of likely N-dealkylation sites (tertiary alicyclic amines) is 1. The molecule has 1 saturated carbocycles. The van der Waals surface area contributed by atoms with Gasteiger partial charge in [0.25, 0.3) is 0 Å². The van der Waals surface area contributed by atoms with Gasteiger partial charge in [0.05, 0.1) is 19.8 Å². The Morgan fingerprint density at radius 1 is 1.06 bits per heavy atom. The molecule has 0 spiro atoms. The average molecular weight is 474 g/mol. The van der Waals surface area contributed by atoms with Crippen molar-refractivity contribution in [1.82, 2.24) is 14.7 Å². The van der Waals surface area contributed by atoms with Crippen LogP contribution < -0.4 is 14.2 Å². The molecule has 1 aliphatic carbocycles. The van der Waals surface area contributed by atoms with Crippen LogP contribution in [0, 0.1) is 5.92 Å². The first-order chi connectivity index (χ1) is 16.6. The molecule has 9 heteroatoms. The Kier molecular flexibility index (Phi) is 7.10. The van der Waals surface area contributed by atoms with Crippen LogP contribution in [0.1, 0.15) is 37.7 Å². The summed E-state index contributed by atoms with van der Waals surface area (Å²) < 4.78 is 22.8. The first kappa shape index (κ1) is 23.2. The first-order valence-corrected chi connectivity index (χ1v) is 12.4. The molecule has 2 amide bonds. The number of fused-ring (bicyclic) bond motifs is 1. The number of carbonyl (C=O) groups excluding carboxylic acids is 2. The number of hydrogen-bond donors (Lipinski definition) is 0. The van der Waals surface area contributed by atoms with E-state index in [-0.39, 0.29) is 24.7 Å². The first-order valence-electron chi connectivity index (χ1n) is 12.4. The lowest BCUT2D eigenvalue weighted by Crippen LogP contribution is -2.40. The highest BCUT2D eigenvalue weighted by Gasteiger charge is 2.31. The molecule has 1 unspecified atom stereocenters. The van der Waals surface area contributed by atoms with Crippen molar-refractivity contribution < 1.29 is 28.5 Å². The van der Waals surface area contributed by atoms with Crippen LogP contribution in [0.3, 0.4) is 0 Å². The van der Waals surface area contributed by atoms with E-state index in [2.05, 4.69) is 4.90 Å². The van der Waals surface area contributed by atoms with E-state index in [1.54, 1.807) is 7.11 Å². The van der Waals surface area contributed by atoms with Crippen LogP contribution in [0.15, 0.2) is 12.1 Å². The zero-order valence-electron chi connectivity index (χ0n) is 20.0. The summed E-state index contributed by atoms with van der Waals surface area (Å²) in [5.74, 6) is 2.96. The van der Waals surface area contributed by atoms with Crippen molar-refractivity contribution in [3.05, 3.63) is 17.7 Å². The monoisotopic (exact) mass is 473 g/mol. The fourth-order valence-electron chi connectivity index (χ4n) is 4.97. The van der Waals surface area contributed by atoms with Gasteiger partial charge in [-0.15, -0.1) is 0 Å². The highest BCUT2D eigenvalue weighted by Crippen LogP contribution is 2.42. The Bertz CT molecular complexity index is 905. The smallest absolute Gasteiger partial charge is 0.236 e. The summed E-state index contributed by atoms with van der Waals surface area (Å²) in [5.41, 5.74) is 1.01. The Hall–Kier alpha value is -2.52. The van der Waals surface area contributed by atoms with E-state index in [1.165, 1.54) is 12.8 Å². The summed E-state index contributed by atoms with van der Waals surface area (Å²) in [6.45, 7) is 5.38. The normalized spacial score (nSPS) is 23.0. The molecule has 3 aliphatic heterocycles. The van der Waals surface area contributed by atoms with E-state index >= 15 is 0 Å². The van der Waals surface area contributed by atoms with Crippen molar-refractivity contribution in [3.8, 4) is 17.2 Å². The van der Waals surface area contributed by atoms with Crippen LogP contribution in [-0.2, 0) is 20.9 Å². The molecular weight excluding hydrogens is 438 g/mol. The van der Waals surface area contributed by atoms with Gasteiger partial charge in [-0.3, -0.25) is 14.5 Å². The predicted molar refractivity (Wildman–Crippen MR) is 124 cm³/mol. The minimum absolute atomic E-state index is 0.0311. The molecular formula is C25H35N3O6. The summed E-state index contributed by atoms with van der Waals surface area (Å²) in [7, 11) is 1.62. The molecule has 2 saturated heterocycles. The van der Waals surface area contributed by atoms with Gasteiger partial charge in [0.1, 0.15) is 0 Å².